The molecule has 1 fully saturated rings. The lowest BCUT2D eigenvalue weighted by atomic mass is 9.66. The van der Waals surface area contributed by atoms with Crippen molar-refractivity contribution in [2.24, 2.45) is 0 Å². The maximum atomic E-state index is 9.21. The van der Waals surface area contributed by atoms with Gasteiger partial charge in [-0.25, -0.2) is 0 Å². The van der Waals surface area contributed by atoms with Crippen molar-refractivity contribution < 1.29 is 9.31 Å². The second kappa shape index (κ2) is 9.56. The zero-order valence-corrected chi connectivity index (χ0v) is 24.4. The molecule has 0 saturated carbocycles. The van der Waals surface area contributed by atoms with E-state index in [9.17, 15) is 5.26 Å². The van der Waals surface area contributed by atoms with Gasteiger partial charge in [-0.3, -0.25) is 0 Å². The maximum absolute atomic E-state index is 9.21. The number of hydrogen-bond donors (Lipinski definition) is 0. The molecule has 0 amide bonds. The summed E-state index contributed by atoms with van der Waals surface area (Å²) < 4.78 is 12.7. The molecule has 1 aliphatic carbocycles. The van der Waals surface area contributed by atoms with E-state index in [-0.39, 0.29) is 0 Å². The zero-order chi connectivity index (χ0) is 29.1. The van der Waals surface area contributed by atoms with Crippen molar-refractivity contribution >= 4 is 12.6 Å². The Morgan fingerprint density at radius 3 is 1.45 bits per heavy atom. The van der Waals surface area contributed by atoms with Gasteiger partial charge < -0.3 is 9.31 Å². The minimum atomic E-state index is -0.481. The lowest BCUT2D eigenvalue weighted by molar-refractivity contribution is 0.00578. The van der Waals surface area contributed by atoms with E-state index in [1.165, 1.54) is 33.4 Å². The van der Waals surface area contributed by atoms with Crippen LogP contribution in [-0.2, 0) is 14.7 Å². The SMILES string of the molecule is CC1(C)OB(c2ccc(C3(c4ccc(-c5ccc(C#N)cc5)cc4)c4ccccc4-c4ccccc43)cc2)OC1(C)C. The van der Waals surface area contributed by atoms with E-state index >= 15 is 0 Å². The van der Waals surface area contributed by atoms with E-state index in [0.29, 0.717) is 5.56 Å². The third-order valence-electron chi connectivity index (χ3n) is 9.49. The molecule has 1 heterocycles. The molecule has 7 rings (SSSR count). The third kappa shape index (κ3) is 3.89. The van der Waals surface area contributed by atoms with Crippen molar-refractivity contribution in [3.8, 4) is 28.3 Å². The number of fused-ring (bicyclic) bond motifs is 3. The second-order valence-electron chi connectivity index (χ2n) is 12.3. The standard InChI is InChI=1S/C38H32BNO2/c1-36(2)37(3,4)42-39(41-36)31-23-21-30(22-24-31)38(34-11-7-5-9-32(34)33-10-6-8-12-35(33)38)29-19-17-28(18-20-29)27-15-13-26(25-40)14-16-27/h5-24H,1-4H3. The van der Waals surface area contributed by atoms with E-state index in [1.54, 1.807) is 0 Å². The molecule has 1 saturated heterocycles. The maximum Gasteiger partial charge on any atom is 0.494 e. The summed E-state index contributed by atoms with van der Waals surface area (Å²) in [5, 5.41) is 9.21. The fraction of sp³-hybridized carbons (Fsp3) is 0.184. The molecule has 2 aliphatic rings. The summed E-state index contributed by atoms with van der Waals surface area (Å²) in [7, 11) is -0.408. The minimum Gasteiger partial charge on any atom is -0.399 e. The van der Waals surface area contributed by atoms with Gasteiger partial charge in [-0.2, -0.15) is 5.26 Å². The molecule has 5 aromatic carbocycles. The lowest BCUT2D eigenvalue weighted by Crippen LogP contribution is -2.41. The van der Waals surface area contributed by atoms with Gasteiger partial charge in [0.25, 0.3) is 0 Å². The van der Waals surface area contributed by atoms with Gasteiger partial charge in [0.1, 0.15) is 0 Å². The van der Waals surface area contributed by atoms with Crippen molar-refractivity contribution in [2.45, 2.75) is 44.3 Å². The molecule has 204 valence electrons. The highest BCUT2D eigenvalue weighted by molar-refractivity contribution is 6.62. The molecule has 0 N–H and O–H groups in total. The van der Waals surface area contributed by atoms with Crippen LogP contribution in [0.3, 0.4) is 0 Å². The van der Waals surface area contributed by atoms with Crippen LogP contribution >= 0.6 is 0 Å². The van der Waals surface area contributed by atoms with Gasteiger partial charge in [-0.05, 0) is 89.8 Å². The molecule has 0 bridgehead atoms. The highest BCUT2D eigenvalue weighted by Crippen LogP contribution is 2.56. The molecule has 4 heteroatoms. The van der Waals surface area contributed by atoms with Crippen LogP contribution in [0.1, 0.15) is 55.5 Å². The first-order chi connectivity index (χ1) is 20.2. The van der Waals surface area contributed by atoms with Crippen LogP contribution in [0.4, 0.5) is 0 Å². The Bertz CT molecular complexity index is 1770. The van der Waals surface area contributed by atoms with E-state index in [0.717, 1.165) is 16.6 Å². The molecule has 42 heavy (non-hydrogen) atoms. The molecule has 1 aliphatic heterocycles. The van der Waals surface area contributed by atoms with E-state index in [1.807, 2.05) is 24.3 Å². The first-order valence-electron chi connectivity index (χ1n) is 14.5. The van der Waals surface area contributed by atoms with Crippen LogP contribution < -0.4 is 5.46 Å². The number of rotatable bonds is 4. The summed E-state index contributed by atoms with van der Waals surface area (Å²) in [6.07, 6.45) is 0. The van der Waals surface area contributed by atoms with Gasteiger partial charge in [-0.15, -0.1) is 0 Å². The van der Waals surface area contributed by atoms with Crippen molar-refractivity contribution in [1.82, 2.24) is 0 Å². The van der Waals surface area contributed by atoms with Crippen molar-refractivity contribution in [1.29, 1.82) is 5.26 Å². The monoisotopic (exact) mass is 545 g/mol. The Hall–Kier alpha value is -4.43. The van der Waals surface area contributed by atoms with Crippen LogP contribution in [0.5, 0.6) is 0 Å². The Kier molecular flexibility index (Phi) is 6.03. The molecular weight excluding hydrogens is 513 g/mol. The molecular formula is C38H32BNO2. The number of nitrogens with zero attached hydrogens (tertiary/aromatic N) is 1. The second-order valence-corrected chi connectivity index (χ2v) is 12.3. The van der Waals surface area contributed by atoms with E-state index in [4.69, 9.17) is 9.31 Å². The molecule has 0 unspecified atom stereocenters. The Labute approximate surface area is 248 Å². The normalized spacial score (nSPS) is 17.4. The summed E-state index contributed by atoms with van der Waals surface area (Å²) in [5.41, 5.74) is 10.1. The quantitative estimate of drug-likeness (QED) is 0.212. The number of nitriles is 1. The van der Waals surface area contributed by atoms with Crippen LogP contribution in [0.25, 0.3) is 22.3 Å². The summed E-state index contributed by atoms with van der Waals surface area (Å²) in [4.78, 5) is 0. The summed E-state index contributed by atoms with van der Waals surface area (Å²) in [6.45, 7) is 8.35. The topological polar surface area (TPSA) is 42.2 Å². The van der Waals surface area contributed by atoms with Gasteiger partial charge in [0, 0.05) is 0 Å². The first kappa shape index (κ1) is 26.5. The van der Waals surface area contributed by atoms with Crippen LogP contribution in [0.15, 0.2) is 121 Å². The Balaban J connectivity index is 1.38. The van der Waals surface area contributed by atoms with E-state index in [2.05, 4.69) is 131 Å². The highest BCUT2D eigenvalue weighted by atomic mass is 16.7. The van der Waals surface area contributed by atoms with Crippen LogP contribution in [0.2, 0.25) is 0 Å². The summed E-state index contributed by atoms with van der Waals surface area (Å²) >= 11 is 0. The van der Waals surface area contributed by atoms with Gasteiger partial charge >= 0.3 is 7.12 Å². The largest absolute Gasteiger partial charge is 0.494 e. The first-order valence-corrected chi connectivity index (χ1v) is 14.5. The molecule has 0 spiro atoms. The average molecular weight is 545 g/mol. The Morgan fingerprint density at radius 2 is 0.976 bits per heavy atom. The van der Waals surface area contributed by atoms with Gasteiger partial charge in [0.15, 0.2) is 0 Å². The Morgan fingerprint density at radius 1 is 0.548 bits per heavy atom. The minimum absolute atomic E-state index is 0.391. The summed E-state index contributed by atoms with van der Waals surface area (Å²) in [6, 6.07) is 45.2. The van der Waals surface area contributed by atoms with Crippen molar-refractivity contribution in [2.75, 3.05) is 0 Å². The van der Waals surface area contributed by atoms with E-state index < -0.39 is 23.7 Å². The average Bonchev–Trinajstić information content (AvgIpc) is 3.44. The number of hydrogen-bond acceptors (Lipinski definition) is 3. The van der Waals surface area contributed by atoms with Gasteiger partial charge in [-0.1, -0.05) is 109 Å². The zero-order valence-electron chi connectivity index (χ0n) is 24.4. The van der Waals surface area contributed by atoms with Crippen molar-refractivity contribution in [3.05, 3.63) is 149 Å². The van der Waals surface area contributed by atoms with Gasteiger partial charge in [0.05, 0.1) is 28.2 Å². The predicted molar refractivity (Wildman–Crippen MR) is 170 cm³/mol. The fourth-order valence-electron chi connectivity index (χ4n) is 6.54. The predicted octanol–water partition coefficient (Wildman–Crippen LogP) is 7.89. The highest BCUT2D eigenvalue weighted by Gasteiger charge is 2.52. The molecule has 0 aromatic heterocycles. The number of benzene rings is 5. The van der Waals surface area contributed by atoms with Gasteiger partial charge in [0.2, 0.25) is 0 Å². The molecule has 5 aromatic rings. The smallest absolute Gasteiger partial charge is 0.399 e. The lowest BCUT2D eigenvalue weighted by Gasteiger charge is -2.34. The van der Waals surface area contributed by atoms with Crippen molar-refractivity contribution in [3.63, 3.8) is 0 Å². The third-order valence-corrected chi connectivity index (χ3v) is 9.49. The molecule has 3 nitrogen and oxygen atoms in total. The van der Waals surface area contributed by atoms with Crippen LogP contribution in [0, 0.1) is 11.3 Å². The molecule has 0 atom stereocenters. The molecule has 0 radical (unpaired) electrons. The summed E-state index contributed by atoms with van der Waals surface area (Å²) in [5.74, 6) is 0. The fourth-order valence-corrected chi connectivity index (χ4v) is 6.54. The van der Waals surface area contributed by atoms with Crippen LogP contribution in [-0.4, -0.2) is 18.3 Å².